The van der Waals surface area contributed by atoms with E-state index in [-0.39, 0.29) is 5.56 Å². The van der Waals surface area contributed by atoms with Gasteiger partial charge < -0.3 is 0 Å². The van der Waals surface area contributed by atoms with Gasteiger partial charge in [0.15, 0.2) is 0 Å². The van der Waals surface area contributed by atoms with Crippen LogP contribution in [0.25, 0.3) is 5.83 Å². The third kappa shape index (κ3) is 3.57. The van der Waals surface area contributed by atoms with Crippen molar-refractivity contribution in [2.75, 3.05) is 5.33 Å². The van der Waals surface area contributed by atoms with Crippen molar-refractivity contribution in [2.45, 2.75) is 31.6 Å². The third-order valence-electron chi connectivity index (χ3n) is 3.88. The molecule has 2 rings (SSSR count). The topological polar surface area (TPSA) is 0 Å². The summed E-state index contributed by atoms with van der Waals surface area (Å²) >= 11 is 8.78. The Morgan fingerprint density at radius 3 is 2.53 bits per heavy atom. The van der Waals surface area contributed by atoms with E-state index in [9.17, 15) is 8.78 Å². The number of halogens is 4. The van der Waals surface area contributed by atoms with Crippen molar-refractivity contribution in [2.24, 2.45) is 5.92 Å². The molecule has 19 heavy (non-hydrogen) atoms. The summed E-state index contributed by atoms with van der Waals surface area (Å²) in [6.07, 6.45) is 4.47. The molecule has 1 aliphatic carbocycles. The van der Waals surface area contributed by atoms with Crippen molar-refractivity contribution >= 4 is 33.4 Å². The van der Waals surface area contributed by atoms with Gasteiger partial charge in [-0.15, -0.1) is 0 Å². The lowest BCUT2D eigenvalue weighted by Crippen LogP contribution is -2.14. The van der Waals surface area contributed by atoms with Gasteiger partial charge in [0.2, 0.25) is 0 Å². The molecular formula is C15H16BrClF2. The van der Waals surface area contributed by atoms with Gasteiger partial charge in [-0.2, -0.15) is 0 Å². The second-order valence-electron chi connectivity index (χ2n) is 5.07. The molecule has 1 aliphatic rings. The summed E-state index contributed by atoms with van der Waals surface area (Å²) < 4.78 is 27.1. The van der Waals surface area contributed by atoms with Crippen molar-refractivity contribution in [1.29, 1.82) is 0 Å². The monoisotopic (exact) mass is 348 g/mol. The van der Waals surface area contributed by atoms with E-state index in [0.29, 0.717) is 5.92 Å². The lowest BCUT2D eigenvalue weighted by molar-refractivity contribution is 0.353. The lowest BCUT2D eigenvalue weighted by atomic mass is 9.79. The summed E-state index contributed by atoms with van der Waals surface area (Å²) in [5.74, 6) is -0.137. The molecule has 0 amide bonds. The van der Waals surface area contributed by atoms with Gasteiger partial charge in [-0.25, -0.2) is 8.78 Å². The van der Waals surface area contributed by atoms with Crippen LogP contribution in [0.3, 0.4) is 0 Å². The fourth-order valence-corrected chi connectivity index (χ4v) is 3.45. The van der Waals surface area contributed by atoms with Gasteiger partial charge in [-0.1, -0.05) is 33.6 Å². The van der Waals surface area contributed by atoms with Gasteiger partial charge in [0.25, 0.3) is 0 Å². The number of benzene rings is 1. The highest BCUT2D eigenvalue weighted by Crippen LogP contribution is 2.37. The molecule has 4 heteroatoms. The van der Waals surface area contributed by atoms with E-state index in [0.717, 1.165) is 48.0 Å². The SMILES string of the molecule is FC(=CCl)c1ccc([C@H]2CC[C@H](CBr)CC2)cc1F. The van der Waals surface area contributed by atoms with Crippen LogP contribution in [-0.4, -0.2) is 5.33 Å². The molecule has 0 aliphatic heterocycles. The van der Waals surface area contributed by atoms with E-state index in [2.05, 4.69) is 15.9 Å². The average molecular weight is 350 g/mol. The Kier molecular flexibility index (Phi) is 5.40. The maximum absolute atomic E-state index is 13.8. The summed E-state index contributed by atoms with van der Waals surface area (Å²) in [7, 11) is 0. The highest BCUT2D eigenvalue weighted by atomic mass is 79.9. The quantitative estimate of drug-likeness (QED) is 0.587. The van der Waals surface area contributed by atoms with E-state index in [1.165, 1.54) is 12.1 Å². The summed E-state index contributed by atoms with van der Waals surface area (Å²) in [6, 6.07) is 4.75. The summed E-state index contributed by atoms with van der Waals surface area (Å²) in [5.41, 5.74) is 1.67. The zero-order chi connectivity index (χ0) is 13.8. The van der Waals surface area contributed by atoms with E-state index < -0.39 is 11.6 Å². The van der Waals surface area contributed by atoms with Gasteiger partial charge >= 0.3 is 0 Å². The summed E-state index contributed by atoms with van der Waals surface area (Å²) in [4.78, 5) is 0. The molecule has 0 atom stereocenters. The van der Waals surface area contributed by atoms with Gasteiger partial charge in [0.05, 0.1) is 0 Å². The molecule has 0 heterocycles. The molecule has 0 bridgehead atoms. The van der Waals surface area contributed by atoms with E-state index in [1.54, 1.807) is 0 Å². The van der Waals surface area contributed by atoms with Crippen molar-refractivity contribution < 1.29 is 8.78 Å². The largest absolute Gasteiger partial charge is 0.206 e. The molecule has 0 spiro atoms. The van der Waals surface area contributed by atoms with Crippen LogP contribution in [-0.2, 0) is 0 Å². The van der Waals surface area contributed by atoms with Crippen molar-refractivity contribution in [3.63, 3.8) is 0 Å². The second kappa shape index (κ2) is 6.85. The van der Waals surface area contributed by atoms with Gasteiger partial charge in [-0.05, 0) is 55.2 Å². The predicted octanol–water partition coefficient (Wildman–Crippen LogP) is 6.00. The molecule has 104 valence electrons. The van der Waals surface area contributed by atoms with Crippen LogP contribution < -0.4 is 0 Å². The first-order chi connectivity index (χ1) is 9.15. The van der Waals surface area contributed by atoms with Crippen LogP contribution >= 0.6 is 27.5 Å². The molecule has 1 aromatic rings. The van der Waals surface area contributed by atoms with Crippen LogP contribution in [0.2, 0.25) is 0 Å². The Balaban J connectivity index is 2.12. The molecule has 1 fully saturated rings. The van der Waals surface area contributed by atoms with E-state index in [1.807, 2.05) is 6.07 Å². The minimum Gasteiger partial charge on any atom is -0.206 e. The fourth-order valence-electron chi connectivity index (χ4n) is 2.69. The second-order valence-corrected chi connectivity index (χ2v) is 5.93. The molecular weight excluding hydrogens is 334 g/mol. The Morgan fingerprint density at radius 2 is 2.00 bits per heavy atom. The molecule has 0 saturated heterocycles. The molecule has 0 radical (unpaired) electrons. The number of rotatable bonds is 3. The van der Waals surface area contributed by atoms with E-state index >= 15 is 0 Å². The highest BCUT2D eigenvalue weighted by molar-refractivity contribution is 9.09. The first-order valence-corrected chi connectivity index (χ1v) is 8.03. The molecule has 1 saturated carbocycles. The normalized spacial score (nSPS) is 24.5. The summed E-state index contributed by atoms with van der Waals surface area (Å²) in [5, 5.41) is 1.04. The van der Waals surface area contributed by atoms with Crippen LogP contribution in [0.15, 0.2) is 23.7 Å². The minimum atomic E-state index is -0.728. The number of hydrogen-bond acceptors (Lipinski definition) is 0. The van der Waals surface area contributed by atoms with Gasteiger partial charge in [-0.3, -0.25) is 0 Å². The zero-order valence-corrected chi connectivity index (χ0v) is 12.9. The molecule has 0 N–H and O–H groups in total. The van der Waals surface area contributed by atoms with Crippen LogP contribution in [0.4, 0.5) is 8.78 Å². The third-order valence-corrected chi connectivity index (χ3v) is 4.99. The molecule has 1 aromatic carbocycles. The smallest absolute Gasteiger partial charge is 0.144 e. The predicted molar refractivity (Wildman–Crippen MR) is 79.8 cm³/mol. The fraction of sp³-hybridized carbons (Fsp3) is 0.467. The van der Waals surface area contributed by atoms with Crippen molar-refractivity contribution in [3.8, 4) is 0 Å². The molecule has 0 aromatic heterocycles. The maximum atomic E-state index is 13.8. The van der Waals surface area contributed by atoms with Crippen LogP contribution in [0.1, 0.15) is 42.7 Å². The van der Waals surface area contributed by atoms with Gasteiger partial charge in [0.1, 0.15) is 11.6 Å². The maximum Gasteiger partial charge on any atom is 0.144 e. The zero-order valence-electron chi connectivity index (χ0n) is 10.5. The first-order valence-electron chi connectivity index (χ1n) is 6.47. The lowest BCUT2D eigenvalue weighted by Gasteiger charge is -2.27. The van der Waals surface area contributed by atoms with Crippen molar-refractivity contribution in [3.05, 3.63) is 40.7 Å². The number of alkyl halides is 1. The van der Waals surface area contributed by atoms with E-state index in [4.69, 9.17) is 11.6 Å². The van der Waals surface area contributed by atoms with Crippen LogP contribution in [0.5, 0.6) is 0 Å². The Hall–Kier alpha value is -0.410. The minimum absolute atomic E-state index is 0.0621. The van der Waals surface area contributed by atoms with Crippen LogP contribution in [0, 0.1) is 11.7 Å². The highest BCUT2D eigenvalue weighted by Gasteiger charge is 2.22. The molecule has 0 unspecified atom stereocenters. The van der Waals surface area contributed by atoms with Gasteiger partial charge in [0, 0.05) is 16.4 Å². The Bertz CT molecular complexity index is 465. The number of hydrogen-bond donors (Lipinski definition) is 0. The average Bonchev–Trinajstić information content (AvgIpc) is 2.46. The first kappa shape index (κ1) is 15.0. The Labute approximate surface area is 126 Å². The molecule has 0 nitrogen and oxygen atoms in total. The summed E-state index contributed by atoms with van der Waals surface area (Å²) in [6.45, 7) is 0. The Morgan fingerprint density at radius 1 is 1.32 bits per heavy atom. The standard InChI is InChI=1S/C15H16BrClF2/c16-8-10-1-3-11(4-2-10)12-5-6-13(14(18)7-12)15(19)9-17/h5-7,9-11H,1-4,8H2/t10-,11-. The van der Waals surface area contributed by atoms with Crippen molar-refractivity contribution in [1.82, 2.24) is 0 Å².